The Labute approximate surface area is 237 Å². The summed E-state index contributed by atoms with van der Waals surface area (Å²) in [6.45, 7) is 8.33. The number of rotatable bonds is 13. The number of hydrogen-bond donors (Lipinski definition) is 2. The van der Waals surface area contributed by atoms with E-state index in [9.17, 15) is 9.90 Å². The molecule has 4 rings (SSSR count). The number of nitrogens with zero attached hydrogens (tertiary/aromatic N) is 1. The Bertz CT molecular complexity index is 1390. The normalized spacial score (nSPS) is 11.2. The van der Waals surface area contributed by atoms with Crippen molar-refractivity contribution in [2.75, 3.05) is 26.2 Å². The van der Waals surface area contributed by atoms with E-state index >= 15 is 0 Å². The van der Waals surface area contributed by atoms with Gasteiger partial charge < -0.3 is 20.1 Å². The zero-order valence-electron chi connectivity index (χ0n) is 23.3. The summed E-state index contributed by atoms with van der Waals surface area (Å²) in [6, 6.07) is 31.3. The Morgan fingerprint density at radius 1 is 0.825 bits per heavy atom. The van der Waals surface area contributed by atoms with Gasteiger partial charge in [-0.1, -0.05) is 98.8 Å². The Hall–Kier alpha value is -4.35. The second-order valence-electron chi connectivity index (χ2n) is 9.64. The van der Waals surface area contributed by atoms with Crippen LogP contribution < -0.4 is 10.1 Å². The first-order chi connectivity index (χ1) is 19.6. The minimum absolute atomic E-state index is 0.0227. The average Bonchev–Trinajstić information content (AvgIpc) is 2.99. The van der Waals surface area contributed by atoms with Gasteiger partial charge in [0.2, 0.25) is 5.91 Å². The standard InChI is InChI=1S/C35H38N2O3/c1-3-37(4-2)23-24-40-32-21-16-28(17-22-32)25-35(39)36-26-30-10-6-8-12-34(30)33-11-7-5-9-29(33)18-13-27-14-19-31(38)20-15-27/h5-22,38H,3-4,23-26H2,1-2H3,(H,36,39)/b18-13+. The Balaban J connectivity index is 1.37. The fourth-order valence-corrected chi connectivity index (χ4v) is 4.57. The van der Waals surface area contributed by atoms with Crippen LogP contribution >= 0.6 is 0 Å². The number of ether oxygens (including phenoxy) is 1. The molecule has 2 N–H and O–H groups in total. The quantitative estimate of drug-likeness (QED) is 0.185. The van der Waals surface area contributed by atoms with Crippen molar-refractivity contribution in [2.24, 2.45) is 0 Å². The molecule has 0 fully saturated rings. The lowest BCUT2D eigenvalue weighted by Crippen LogP contribution is -2.27. The maximum atomic E-state index is 12.8. The van der Waals surface area contributed by atoms with Gasteiger partial charge in [0.25, 0.3) is 0 Å². The van der Waals surface area contributed by atoms with E-state index in [0.29, 0.717) is 19.6 Å². The van der Waals surface area contributed by atoms with Gasteiger partial charge in [0.15, 0.2) is 0 Å². The molecular weight excluding hydrogens is 496 g/mol. The number of carbonyl (C=O) groups excluding carboxylic acids is 1. The summed E-state index contributed by atoms with van der Waals surface area (Å²) in [5.74, 6) is 1.05. The molecule has 5 heteroatoms. The molecule has 0 saturated carbocycles. The maximum absolute atomic E-state index is 12.8. The van der Waals surface area contributed by atoms with Gasteiger partial charge >= 0.3 is 0 Å². The van der Waals surface area contributed by atoms with Gasteiger partial charge in [-0.15, -0.1) is 0 Å². The Morgan fingerprint density at radius 2 is 1.50 bits per heavy atom. The zero-order valence-corrected chi connectivity index (χ0v) is 23.3. The number of hydrogen-bond acceptors (Lipinski definition) is 4. The van der Waals surface area contributed by atoms with E-state index < -0.39 is 0 Å². The SMILES string of the molecule is CCN(CC)CCOc1ccc(CC(=O)NCc2ccccc2-c2ccccc2/C=C/c2ccc(O)cc2)cc1. The van der Waals surface area contributed by atoms with Gasteiger partial charge in [-0.3, -0.25) is 4.79 Å². The molecule has 0 spiro atoms. The molecule has 0 bridgehead atoms. The van der Waals surface area contributed by atoms with Crippen molar-refractivity contribution >= 4 is 18.1 Å². The highest BCUT2D eigenvalue weighted by Crippen LogP contribution is 2.29. The molecule has 0 unspecified atom stereocenters. The van der Waals surface area contributed by atoms with E-state index in [2.05, 4.69) is 54.4 Å². The molecule has 4 aromatic rings. The summed E-state index contributed by atoms with van der Waals surface area (Å²) in [5, 5.41) is 12.6. The highest BCUT2D eigenvalue weighted by atomic mass is 16.5. The molecule has 4 aromatic carbocycles. The zero-order chi connectivity index (χ0) is 28.2. The molecule has 206 valence electrons. The lowest BCUT2D eigenvalue weighted by Gasteiger charge is -2.18. The van der Waals surface area contributed by atoms with Crippen molar-refractivity contribution in [1.29, 1.82) is 0 Å². The lowest BCUT2D eigenvalue weighted by atomic mass is 9.94. The van der Waals surface area contributed by atoms with Gasteiger partial charge in [0.1, 0.15) is 18.1 Å². The second-order valence-corrected chi connectivity index (χ2v) is 9.64. The number of amides is 1. The predicted octanol–water partition coefficient (Wildman–Crippen LogP) is 6.81. The third kappa shape index (κ3) is 8.32. The van der Waals surface area contributed by atoms with Crippen molar-refractivity contribution in [1.82, 2.24) is 10.2 Å². The van der Waals surface area contributed by atoms with E-state index in [1.807, 2.05) is 66.7 Å². The first kappa shape index (κ1) is 28.7. The number of benzene rings is 4. The first-order valence-electron chi connectivity index (χ1n) is 13.9. The second kappa shape index (κ2) is 14.7. The number of phenolic OH excluding ortho intramolecular Hbond substituents is 1. The third-order valence-corrected chi connectivity index (χ3v) is 6.95. The first-order valence-corrected chi connectivity index (χ1v) is 13.9. The van der Waals surface area contributed by atoms with Crippen molar-refractivity contribution in [3.05, 3.63) is 119 Å². The number of carbonyl (C=O) groups is 1. The van der Waals surface area contributed by atoms with Gasteiger partial charge in [-0.25, -0.2) is 0 Å². The largest absolute Gasteiger partial charge is 0.508 e. The summed E-state index contributed by atoms with van der Waals surface area (Å²) in [5.41, 5.74) is 6.27. The minimum atomic E-state index is -0.0227. The van der Waals surface area contributed by atoms with Gasteiger partial charge in [0, 0.05) is 13.1 Å². The van der Waals surface area contributed by atoms with Gasteiger partial charge in [-0.05, 0) is 70.7 Å². The molecule has 1 amide bonds. The fourth-order valence-electron chi connectivity index (χ4n) is 4.57. The number of aromatic hydroxyl groups is 1. The summed E-state index contributed by atoms with van der Waals surface area (Å²) >= 11 is 0. The van der Waals surface area contributed by atoms with E-state index in [1.54, 1.807) is 12.1 Å². The smallest absolute Gasteiger partial charge is 0.224 e. The van der Waals surface area contributed by atoms with Gasteiger partial charge in [-0.2, -0.15) is 0 Å². The van der Waals surface area contributed by atoms with Crippen molar-refractivity contribution < 1.29 is 14.6 Å². The highest BCUT2D eigenvalue weighted by Gasteiger charge is 2.10. The van der Waals surface area contributed by atoms with Crippen LogP contribution in [0.2, 0.25) is 0 Å². The van der Waals surface area contributed by atoms with E-state index in [1.165, 1.54) is 0 Å². The molecule has 0 aromatic heterocycles. The monoisotopic (exact) mass is 534 g/mol. The number of nitrogens with one attached hydrogen (secondary N) is 1. The molecule has 0 radical (unpaired) electrons. The minimum Gasteiger partial charge on any atom is -0.508 e. The van der Waals surface area contributed by atoms with Crippen LogP contribution in [0.4, 0.5) is 0 Å². The van der Waals surface area contributed by atoms with Crippen LogP contribution in [0.25, 0.3) is 23.3 Å². The fraction of sp³-hybridized carbons (Fsp3) is 0.229. The van der Waals surface area contributed by atoms with Crippen LogP contribution in [0.3, 0.4) is 0 Å². The maximum Gasteiger partial charge on any atom is 0.224 e. The van der Waals surface area contributed by atoms with Crippen LogP contribution in [-0.2, 0) is 17.8 Å². The summed E-state index contributed by atoms with van der Waals surface area (Å²) < 4.78 is 5.86. The van der Waals surface area contributed by atoms with Crippen LogP contribution in [0.1, 0.15) is 36.1 Å². The van der Waals surface area contributed by atoms with Crippen molar-refractivity contribution in [3.8, 4) is 22.6 Å². The molecule has 0 saturated heterocycles. The Morgan fingerprint density at radius 3 is 2.23 bits per heavy atom. The third-order valence-electron chi connectivity index (χ3n) is 6.95. The van der Waals surface area contributed by atoms with Crippen LogP contribution in [0, 0.1) is 0 Å². The van der Waals surface area contributed by atoms with E-state index in [0.717, 1.165) is 58.8 Å². The number of likely N-dealkylation sites (N-methyl/N-ethyl adjacent to an activating group) is 1. The van der Waals surface area contributed by atoms with E-state index in [-0.39, 0.29) is 11.7 Å². The molecular formula is C35H38N2O3. The molecule has 0 aliphatic heterocycles. The van der Waals surface area contributed by atoms with E-state index in [4.69, 9.17) is 4.74 Å². The molecule has 0 aliphatic rings. The van der Waals surface area contributed by atoms with Crippen LogP contribution in [-0.4, -0.2) is 42.2 Å². The summed E-state index contributed by atoms with van der Waals surface area (Å²) in [6.07, 6.45) is 4.42. The molecule has 0 aliphatic carbocycles. The van der Waals surface area contributed by atoms with Crippen LogP contribution in [0.5, 0.6) is 11.5 Å². The topological polar surface area (TPSA) is 61.8 Å². The van der Waals surface area contributed by atoms with Crippen molar-refractivity contribution in [2.45, 2.75) is 26.8 Å². The number of phenols is 1. The summed E-state index contributed by atoms with van der Waals surface area (Å²) in [4.78, 5) is 15.1. The van der Waals surface area contributed by atoms with Crippen molar-refractivity contribution in [3.63, 3.8) is 0 Å². The molecule has 40 heavy (non-hydrogen) atoms. The summed E-state index contributed by atoms with van der Waals surface area (Å²) in [7, 11) is 0. The van der Waals surface area contributed by atoms with Gasteiger partial charge in [0.05, 0.1) is 6.42 Å². The predicted molar refractivity (Wildman–Crippen MR) is 164 cm³/mol. The molecule has 0 atom stereocenters. The lowest BCUT2D eigenvalue weighted by molar-refractivity contribution is -0.120. The molecule has 0 heterocycles. The highest BCUT2D eigenvalue weighted by molar-refractivity contribution is 5.83. The van der Waals surface area contributed by atoms with Crippen LogP contribution in [0.15, 0.2) is 97.1 Å². The Kier molecular flexibility index (Phi) is 10.5. The average molecular weight is 535 g/mol. The molecule has 5 nitrogen and oxygen atoms in total.